The fraction of sp³-hybridized carbons (Fsp3) is 0.830. The van der Waals surface area contributed by atoms with Gasteiger partial charge in [0.25, 0.3) is 0 Å². The highest BCUT2D eigenvalue weighted by atomic mass is 16.8. The molecule has 3 saturated heterocycles. The smallest absolute Gasteiger partial charge is 0.220 e. The molecule has 0 spiro atoms. The predicted molar refractivity (Wildman–Crippen MR) is 268 cm³/mol. The Morgan fingerprint density at radius 2 is 0.931 bits per heavy atom. The first-order chi connectivity index (χ1) is 34.8. The highest BCUT2D eigenvalue weighted by molar-refractivity contribution is 5.76. The van der Waals surface area contributed by atoms with Crippen LogP contribution in [0.4, 0.5) is 0 Å². The molecule has 0 radical (unpaired) electrons. The lowest BCUT2D eigenvalue weighted by atomic mass is 9.96. The first-order valence-corrected chi connectivity index (χ1v) is 26.9. The molecule has 0 saturated carbocycles. The van der Waals surface area contributed by atoms with Gasteiger partial charge in [0.1, 0.15) is 73.2 Å². The topological polar surface area (TPSA) is 307 Å². The van der Waals surface area contributed by atoms with Crippen LogP contribution in [0.1, 0.15) is 149 Å². The number of nitrogens with one attached hydrogen (secondary N) is 1. The molecule has 19 heteroatoms. The summed E-state index contributed by atoms with van der Waals surface area (Å²) in [6.45, 7) is 1.60. The van der Waals surface area contributed by atoms with Crippen LogP contribution in [0.5, 0.6) is 0 Å². The van der Waals surface area contributed by atoms with Crippen LogP contribution in [-0.2, 0) is 33.2 Å². The summed E-state index contributed by atoms with van der Waals surface area (Å²) in [5.41, 5.74) is 0. The lowest BCUT2D eigenvalue weighted by molar-refractivity contribution is -0.379. The number of carbonyl (C=O) groups is 1. The van der Waals surface area contributed by atoms with Crippen molar-refractivity contribution in [2.24, 2.45) is 0 Å². The number of ether oxygens (including phenoxy) is 6. The number of carbonyl (C=O) groups excluding carboxylic acids is 1. The Bertz CT molecular complexity index is 1520. The number of hydrogen-bond donors (Lipinski definition) is 12. The Morgan fingerprint density at radius 1 is 0.500 bits per heavy atom. The minimum absolute atomic E-state index is 0.218. The first kappa shape index (κ1) is 64.0. The van der Waals surface area contributed by atoms with Crippen LogP contribution < -0.4 is 5.32 Å². The molecule has 3 rings (SSSR count). The molecule has 0 bridgehead atoms. The van der Waals surface area contributed by atoms with E-state index in [2.05, 4.69) is 55.6 Å². The Balaban J connectivity index is 1.56. The van der Waals surface area contributed by atoms with Crippen molar-refractivity contribution in [2.45, 2.75) is 253 Å². The van der Waals surface area contributed by atoms with Gasteiger partial charge in [-0.05, 0) is 64.2 Å². The van der Waals surface area contributed by atoms with E-state index < -0.39 is 124 Å². The highest BCUT2D eigenvalue weighted by Gasteiger charge is 2.53. The molecule has 418 valence electrons. The van der Waals surface area contributed by atoms with E-state index in [0.29, 0.717) is 12.8 Å². The third-order valence-corrected chi connectivity index (χ3v) is 13.3. The lowest BCUT2D eigenvalue weighted by Crippen LogP contribution is -2.66. The van der Waals surface area contributed by atoms with E-state index in [1.54, 1.807) is 6.08 Å². The van der Waals surface area contributed by atoms with Gasteiger partial charge in [0.2, 0.25) is 5.91 Å². The minimum atomic E-state index is -1.98. The molecule has 17 unspecified atom stereocenters. The van der Waals surface area contributed by atoms with Gasteiger partial charge >= 0.3 is 0 Å². The largest absolute Gasteiger partial charge is 0.394 e. The van der Waals surface area contributed by atoms with E-state index in [1.807, 2.05) is 6.08 Å². The molecule has 1 amide bonds. The Kier molecular flexibility index (Phi) is 33.3. The fourth-order valence-corrected chi connectivity index (χ4v) is 8.82. The van der Waals surface area contributed by atoms with Crippen LogP contribution >= 0.6 is 0 Å². The van der Waals surface area contributed by atoms with Gasteiger partial charge in [-0.15, -0.1) is 0 Å². The van der Waals surface area contributed by atoms with Crippen LogP contribution in [-0.4, -0.2) is 193 Å². The molecule has 0 aromatic rings. The molecule has 17 atom stereocenters. The number of aliphatic hydroxyl groups excluding tert-OH is 11. The SMILES string of the molecule is CCCCC/C=C\C/C=C\CCCCCCCC(=O)NC(COC1OC(CO)C(OC2OC(CO)C(OC3OC(CO)C(O)C(O)C3O)C(O)C2O)C(O)C1O)C(O)/C=C/CC/C=C/CCCCCCCC. The maximum absolute atomic E-state index is 13.2. The van der Waals surface area contributed by atoms with E-state index in [-0.39, 0.29) is 18.9 Å². The number of unbranched alkanes of at least 4 members (excludes halogenated alkanes) is 15. The second-order valence-corrected chi connectivity index (χ2v) is 19.3. The molecule has 0 aromatic carbocycles. The maximum Gasteiger partial charge on any atom is 0.220 e. The van der Waals surface area contributed by atoms with Crippen LogP contribution in [0.3, 0.4) is 0 Å². The van der Waals surface area contributed by atoms with Gasteiger partial charge in [0.05, 0.1) is 38.6 Å². The number of hydrogen-bond acceptors (Lipinski definition) is 18. The number of rotatable bonds is 37. The standard InChI is InChI=1S/C53H93NO18/c1-3-5-7-9-11-13-15-17-18-19-21-23-25-27-29-31-41(59)54-36(37(58)30-28-26-24-22-20-16-14-12-10-8-6-4-2)35-67-51-47(65)44(62)49(39(33-56)69-51)72-53-48(66)45(63)50(40(34-57)70-53)71-52-46(64)43(61)42(60)38(32-55)68-52/h11,13,17-18,20,22,28,30,36-40,42-53,55-58,60-66H,3-10,12,14-16,19,21,23-27,29,31-35H2,1-2H3,(H,54,59)/b13-11-,18-17-,22-20+,30-28+. The van der Waals surface area contributed by atoms with Crippen molar-refractivity contribution in [1.29, 1.82) is 0 Å². The molecule has 3 aliphatic rings. The zero-order chi connectivity index (χ0) is 52.7. The van der Waals surface area contributed by atoms with E-state index in [4.69, 9.17) is 28.4 Å². The number of aliphatic hydroxyl groups is 11. The lowest BCUT2D eigenvalue weighted by Gasteiger charge is -2.48. The Morgan fingerprint density at radius 3 is 1.50 bits per heavy atom. The van der Waals surface area contributed by atoms with Gasteiger partial charge in [-0.1, -0.05) is 127 Å². The molecule has 72 heavy (non-hydrogen) atoms. The van der Waals surface area contributed by atoms with Gasteiger partial charge in [0.15, 0.2) is 18.9 Å². The molecule has 0 aromatic heterocycles. The van der Waals surface area contributed by atoms with Crippen molar-refractivity contribution in [1.82, 2.24) is 5.32 Å². The van der Waals surface area contributed by atoms with Gasteiger partial charge < -0.3 is 89.9 Å². The summed E-state index contributed by atoms with van der Waals surface area (Å²) < 4.78 is 34.1. The summed E-state index contributed by atoms with van der Waals surface area (Å²) in [7, 11) is 0. The van der Waals surface area contributed by atoms with Gasteiger partial charge in [-0.25, -0.2) is 0 Å². The van der Waals surface area contributed by atoms with Gasteiger partial charge in [0, 0.05) is 6.42 Å². The summed E-state index contributed by atoms with van der Waals surface area (Å²) in [5, 5.41) is 120. The third kappa shape index (κ3) is 22.5. The van der Waals surface area contributed by atoms with Crippen molar-refractivity contribution >= 4 is 5.91 Å². The monoisotopic (exact) mass is 1030 g/mol. The molecular weight excluding hydrogens is 939 g/mol. The molecule has 3 heterocycles. The summed E-state index contributed by atoms with van der Waals surface area (Å²) in [5.74, 6) is -0.304. The maximum atomic E-state index is 13.2. The van der Waals surface area contributed by atoms with Crippen molar-refractivity contribution in [3.8, 4) is 0 Å². The van der Waals surface area contributed by atoms with Crippen LogP contribution in [0, 0.1) is 0 Å². The van der Waals surface area contributed by atoms with Gasteiger partial charge in [-0.2, -0.15) is 0 Å². The third-order valence-electron chi connectivity index (χ3n) is 13.3. The highest BCUT2D eigenvalue weighted by Crippen LogP contribution is 2.33. The normalized spacial score (nSPS) is 32.4. The average Bonchev–Trinajstić information content (AvgIpc) is 3.37. The molecule has 3 aliphatic heterocycles. The van der Waals surface area contributed by atoms with Crippen LogP contribution in [0.2, 0.25) is 0 Å². The molecule has 19 nitrogen and oxygen atoms in total. The van der Waals surface area contributed by atoms with E-state index in [0.717, 1.165) is 64.2 Å². The van der Waals surface area contributed by atoms with Crippen LogP contribution in [0.25, 0.3) is 0 Å². The molecule has 0 aliphatic carbocycles. The second-order valence-electron chi connectivity index (χ2n) is 19.3. The zero-order valence-corrected chi connectivity index (χ0v) is 42.9. The summed E-state index contributed by atoms with van der Waals surface area (Å²) >= 11 is 0. The second kappa shape index (κ2) is 37.5. The van der Waals surface area contributed by atoms with Crippen molar-refractivity contribution in [3.63, 3.8) is 0 Å². The van der Waals surface area contributed by atoms with E-state index in [9.17, 15) is 61.0 Å². The Labute approximate surface area is 427 Å². The van der Waals surface area contributed by atoms with Crippen molar-refractivity contribution in [3.05, 3.63) is 48.6 Å². The van der Waals surface area contributed by atoms with Crippen molar-refractivity contribution in [2.75, 3.05) is 26.4 Å². The summed E-state index contributed by atoms with van der Waals surface area (Å²) in [6.07, 6.45) is 11.1. The number of amides is 1. The molecule has 12 N–H and O–H groups in total. The van der Waals surface area contributed by atoms with Gasteiger partial charge in [-0.3, -0.25) is 4.79 Å². The molecular formula is C53H93NO18. The predicted octanol–water partition coefficient (Wildman–Crippen LogP) is 2.75. The number of allylic oxidation sites excluding steroid dienone is 7. The minimum Gasteiger partial charge on any atom is -0.394 e. The van der Waals surface area contributed by atoms with Crippen molar-refractivity contribution < 1.29 is 89.4 Å². The van der Waals surface area contributed by atoms with E-state index in [1.165, 1.54) is 51.4 Å². The van der Waals surface area contributed by atoms with Crippen LogP contribution in [0.15, 0.2) is 48.6 Å². The fourth-order valence-electron chi connectivity index (χ4n) is 8.82. The zero-order valence-electron chi connectivity index (χ0n) is 42.9. The first-order valence-electron chi connectivity index (χ1n) is 26.9. The quantitative estimate of drug-likeness (QED) is 0.0315. The molecule has 3 fully saturated rings. The summed E-state index contributed by atoms with van der Waals surface area (Å²) in [4.78, 5) is 13.2. The average molecular weight is 1030 g/mol. The van der Waals surface area contributed by atoms with E-state index >= 15 is 0 Å². The summed E-state index contributed by atoms with van der Waals surface area (Å²) in [6, 6.07) is -0.995. The Hall–Kier alpha value is -2.25.